The molecule has 6 heteroatoms. The van der Waals surface area contributed by atoms with Crippen LogP contribution in [0.5, 0.6) is 0 Å². The molecule has 0 atom stereocenters. The molecule has 0 saturated heterocycles. The van der Waals surface area contributed by atoms with Gasteiger partial charge in [-0.2, -0.15) is 0 Å². The van der Waals surface area contributed by atoms with E-state index in [0.717, 1.165) is 11.5 Å². The average Bonchev–Trinajstić information content (AvgIpc) is 3.07. The fourth-order valence-electron chi connectivity index (χ4n) is 5.40. The van der Waals surface area contributed by atoms with Crippen molar-refractivity contribution in [3.05, 3.63) is 0 Å². The van der Waals surface area contributed by atoms with E-state index in [1.54, 1.807) is 0 Å². The molecule has 0 N–H and O–H groups in total. The van der Waals surface area contributed by atoms with Crippen LogP contribution in [0.15, 0.2) is 0 Å². The number of rotatable bonds is 36. The molecule has 0 aliphatic rings. The molecule has 0 bridgehead atoms. The molecule has 0 spiro atoms. The van der Waals surface area contributed by atoms with Gasteiger partial charge in [-0.05, 0) is 12.8 Å². The van der Waals surface area contributed by atoms with E-state index >= 15 is 0 Å². The maximum atomic E-state index is 10.9. The SMILES string of the molecule is CCCCCCCCCCCCCCCCCCSOC(=O)CC.CCCCCCCCCCCCCCCCSOC(=O)CC. The third-order valence-corrected chi connectivity index (χ3v) is 10.1. The van der Waals surface area contributed by atoms with Crippen molar-refractivity contribution >= 4 is 36.0 Å². The van der Waals surface area contributed by atoms with Crippen LogP contribution in [0.2, 0.25) is 0 Å². The Hall–Kier alpha value is -0.360. The summed E-state index contributed by atoms with van der Waals surface area (Å²) in [5, 5.41) is 0. The van der Waals surface area contributed by atoms with Gasteiger partial charge in [0.1, 0.15) is 0 Å². The number of unbranched alkanes of at least 4 members (excludes halogenated alkanes) is 28. The molecule has 0 aromatic rings. The first-order valence-electron chi connectivity index (χ1n) is 20.3. The fourth-order valence-corrected chi connectivity index (χ4v) is 6.71. The monoisotopic (exact) mass is 689 g/mol. The van der Waals surface area contributed by atoms with Crippen LogP contribution in [0.25, 0.3) is 0 Å². The molecular weight excluding hydrogens is 609 g/mol. The quantitative estimate of drug-likeness (QED) is 0.0482. The lowest BCUT2D eigenvalue weighted by molar-refractivity contribution is -0.133. The molecule has 276 valence electrons. The molecule has 46 heavy (non-hydrogen) atoms. The molecule has 0 fully saturated rings. The van der Waals surface area contributed by atoms with Crippen molar-refractivity contribution < 1.29 is 18.0 Å². The van der Waals surface area contributed by atoms with E-state index in [4.69, 9.17) is 8.37 Å². The highest BCUT2D eigenvalue weighted by atomic mass is 32.2. The topological polar surface area (TPSA) is 52.6 Å². The van der Waals surface area contributed by atoms with Crippen molar-refractivity contribution in [1.29, 1.82) is 0 Å². The van der Waals surface area contributed by atoms with Gasteiger partial charge in [-0.3, -0.25) is 9.59 Å². The van der Waals surface area contributed by atoms with E-state index in [1.807, 2.05) is 13.8 Å². The van der Waals surface area contributed by atoms with Gasteiger partial charge in [0.15, 0.2) is 0 Å². The lowest BCUT2D eigenvalue weighted by Crippen LogP contribution is -1.96. The van der Waals surface area contributed by atoms with Crippen LogP contribution < -0.4 is 0 Å². The first-order chi connectivity index (χ1) is 22.6. The Labute approximate surface area is 297 Å². The van der Waals surface area contributed by atoms with Crippen LogP contribution in [0, 0.1) is 0 Å². The highest BCUT2D eigenvalue weighted by Crippen LogP contribution is 2.16. The normalized spacial score (nSPS) is 10.9. The molecule has 0 aromatic heterocycles. The molecule has 0 aliphatic heterocycles. The summed E-state index contributed by atoms with van der Waals surface area (Å²) in [4.78, 5) is 21.9. The van der Waals surface area contributed by atoms with Crippen LogP contribution in [-0.4, -0.2) is 23.4 Å². The maximum Gasteiger partial charge on any atom is 0.317 e. The Morgan fingerprint density at radius 3 is 0.717 bits per heavy atom. The van der Waals surface area contributed by atoms with Gasteiger partial charge in [-0.25, -0.2) is 0 Å². The summed E-state index contributed by atoms with van der Waals surface area (Å²) in [6.07, 6.45) is 42.6. The van der Waals surface area contributed by atoms with Crippen molar-refractivity contribution in [2.45, 2.75) is 233 Å². The lowest BCUT2D eigenvalue weighted by atomic mass is 10.0. The van der Waals surface area contributed by atoms with Gasteiger partial charge in [0.2, 0.25) is 0 Å². The first kappa shape index (κ1) is 47.8. The zero-order valence-corrected chi connectivity index (χ0v) is 33.1. The van der Waals surface area contributed by atoms with E-state index < -0.39 is 0 Å². The van der Waals surface area contributed by atoms with E-state index in [9.17, 15) is 9.59 Å². The van der Waals surface area contributed by atoms with Crippen LogP contribution in [0.1, 0.15) is 233 Å². The van der Waals surface area contributed by atoms with Gasteiger partial charge in [0.05, 0.1) is 24.1 Å². The molecular formula is C40H80O4S2. The molecule has 0 unspecified atom stereocenters. The van der Waals surface area contributed by atoms with Crippen molar-refractivity contribution in [3.63, 3.8) is 0 Å². The van der Waals surface area contributed by atoms with Crippen molar-refractivity contribution in [2.75, 3.05) is 11.5 Å². The van der Waals surface area contributed by atoms with Gasteiger partial charge in [-0.1, -0.05) is 207 Å². The molecule has 0 saturated carbocycles. The van der Waals surface area contributed by atoms with Crippen LogP contribution in [0.4, 0.5) is 0 Å². The van der Waals surface area contributed by atoms with Gasteiger partial charge < -0.3 is 8.37 Å². The minimum absolute atomic E-state index is 0.100. The molecule has 0 rings (SSSR count). The smallest absolute Gasteiger partial charge is 0.317 e. The van der Waals surface area contributed by atoms with E-state index in [-0.39, 0.29) is 11.9 Å². The summed E-state index contributed by atoms with van der Waals surface area (Å²) in [5.41, 5.74) is 0. The third kappa shape index (κ3) is 45.8. The Morgan fingerprint density at radius 1 is 0.326 bits per heavy atom. The standard InChI is InChI=1S/C21H42O2S.C19H38O2S/c1-3-5-6-7-8-9-10-11-12-13-14-15-16-17-18-19-20-24-23-21(22)4-2;1-3-5-6-7-8-9-10-11-12-13-14-15-16-17-18-22-21-19(20)4-2/h3-20H2,1-2H3;3-18H2,1-2H3. The number of carbonyl (C=O) groups excluding carboxylic acids is 2. The van der Waals surface area contributed by atoms with Crippen LogP contribution in [0.3, 0.4) is 0 Å². The van der Waals surface area contributed by atoms with Gasteiger partial charge in [0.25, 0.3) is 0 Å². The zero-order valence-electron chi connectivity index (χ0n) is 31.5. The Morgan fingerprint density at radius 2 is 0.522 bits per heavy atom. The largest absolute Gasteiger partial charge is 0.391 e. The zero-order chi connectivity index (χ0) is 34.0. The molecule has 0 radical (unpaired) electrons. The van der Waals surface area contributed by atoms with Gasteiger partial charge in [0, 0.05) is 24.3 Å². The van der Waals surface area contributed by atoms with E-state index in [2.05, 4.69) is 13.8 Å². The highest BCUT2D eigenvalue weighted by Gasteiger charge is 2.00. The second-order valence-corrected chi connectivity index (χ2v) is 14.8. The molecule has 0 heterocycles. The minimum atomic E-state index is -0.102. The van der Waals surface area contributed by atoms with E-state index in [1.165, 1.54) is 217 Å². The first-order valence-corrected chi connectivity index (χ1v) is 22.1. The summed E-state index contributed by atoms with van der Waals surface area (Å²) in [7, 11) is 0. The van der Waals surface area contributed by atoms with Gasteiger partial charge >= 0.3 is 11.9 Å². The summed E-state index contributed by atoms with van der Waals surface area (Å²) in [6, 6.07) is 0. The van der Waals surface area contributed by atoms with Gasteiger partial charge in [-0.15, -0.1) is 0 Å². The molecule has 4 nitrogen and oxygen atoms in total. The summed E-state index contributed by atoms with van der Waals surface area (Å²) >= 11 is 2.64. The fraction of sp³-hybridized carbons (Fsp3) is 0.950. The van der Waals surface area contributed by atoms with Crippen LogP contribution >= 0.6 is 24.1 Å². The van der Waals surface area contributed by atoms with Crippen molar-refractivity contribution in [1.82, 2.24) is 0 Å². The second kappa shape index (κ2) is 44.6. The summed E-state index contributed by atoms with van der Waals surface area (Å²) in [6.45, 7) is 8.22. The van der Waals surface area contributed by atoms with Crippen LogP contribution in [-0.2, 0) is 18.0 Å². The number of carbonyl (C=O) groups is 2. The Balaban J connectivity index is 0. The Kier molecular flexibility index (Phi) is 46.3. The predicted octanol–water partition coefficient (Wildman–Crippen LogP) is 14.9. The van der Waals surface area contributed by atoms with Crippen molar-refractivity contribution in [2.24, 2.45) is 0 Å². The lowest BCUT2D eigenvalue weighted by Gasteiger charge is -2.04. The second-order valence-electron chi connectivity index (χ2n) is 13.2. The maximum absolute atomic E-state index is 10.9. The number of hydrogen-bond donors (Lipinski definition) is 0. The molecule has 0 aromatic carbocycles. The predicted molar refractivity (Wildman–Crippen MR) is 208 cm³/mol. The molecule has 0 aliphatic carbocycles. The summed E-state index contributed by atoms with van der Waals surface area (Å²) in [5.74, 6) is 1.69. The van der Waals surface area contributed by atoms with E-state index in [0.29, 0.717) is 12.8 Å². The molecule has 0 amide bonds. The summed E-state index contributed by atoms with van der Waals surface area (Å²) < 4.78 is 9.98. The minimum Gasteiger partial charge on any atom is -0.391 e. The number of hydrogen-bond acceptors (Lipinski definition) is 6. The Bertz CT molecular complexity index is 588. The third-order valence-electron chi connectivity index (χ3n) is 8.54. The highest BCUT2D eigenvalue weighted by molar-refractivity contribution is 7.95. The van der Waals surface area contributed by atoms with Crippen molar-refractivity contribution in [3.8, 4) is 0 Å². The average molecular weight is 689 g/mol.